The number of nitrogens with zero attached hydrogens (tertiary/aromatic N) is 2. The smallest absolute Gasteiger partial charge is 0.0607 e. The molecule has 4 heteroatoms. The number of nitrogens with one attached hydrogen (secondary N) is 1. The number of fused-ring (bicyclic) bond motifs is 2. The third-order valence-electron chi connectivity index (χ3n) is 8.02. The molecule has 31 heavy (non-hydrogen) atoms. The Labute approximate surface area is 187 Å². The zero-order valence-electron chi connectivity index (χ0n) is 18.8. The summed E-state index contributed by atoms with van der Waals surface area (Å²) in [5, 5.41) is 3.84. The van der Waals surface area contributed by atoms with Crippen LogP contribution < -0.4 is 11.1 Å². The highest BCUT2D eigenvalue weighted by Crippen LogP contribution is 2.36. The Kier molecular flexibility index (Phi) is 6.68. The van der Waals surface area contributed by atoms with Gasteiger partial charge in [0.1, 0.15) is 0 Å². The molecule has 3 aliphatic rings. The Balaban J connectivity index is 1.34. The molecule has 1 aliphatic heterocycles. The average molecular weight is 419 g/mol. The standard InChI is InChI=1S/C27H38N4/c28-16-20-10-12-21(13-11-20)18-31(26-9-3-7-22-8-4-14-29-27(22)26)19-25-15-23-5-1-2-6-24(23)17-30-25/h1-2,4-6,8,14,20-21,25-26,30H,3,7,9-13,15-19,28H2/t20?,21?,25-,26?/m1/s1. The molecule has 1 fully saturated rings. The summed E-state index contributed by atoms with van der Waals surface area (Å²) >= 11 is 0. The van der Waals surface area contributed by atoms with Gasteiger partial charge in [0.05, 0.1) is 11.7 Å². The predicted octanol–water partition coefficient (Wildman–Crippen LogP) is 4.24. The van der Waals surface area contributed by atoms with Crippen molar-refractivity contribution in [3.63, 3.8) is 0 Å². The van der Waals surface area contributed by atoms with Crippen molar-refractivity contribution in [2.24, 2.45) is 17.6 Å². The third kappa shape index (κ3) is 4.87. The highest BCUT2D eigenvalue weighted by atomic mass is 15.2. The molecule has 1 aromatic heterocycles. The van der Waals surface area contributed by atoms with Gasteiger partial charge in [-0.15, -0.1) is 0 Å². The van der Waals surface area contributed by atoms with Gasteiger partial charge >= 0.3 is 0 Å². The van der Waals surface area contributed by atoms with E-state index in [1.165, 1.54) is 73.9 Å². The van der Waals surface area contributed by atoms with Gasteiger partial charge in [0.25, 0.3) is 0 Å². The molecule has 2 heterocycles. The molecule has 1 unspecified atom stereocenters. The minimum Gasteiger partial charge on any atom is -0.330 e. The van der Waals surface area contributed by atoms with Crippen LogP contribution >= 0.6 is 0 Å². The van der Waals surface area contributed by atoms with E-state index in [-0.39, 0.29) is 0 Å². The second kappa shape index (κ2) is 9.81. The molecule has 4 nitrogen and oxygen atoms in total. The van der Waals surface area contributed by atoms with Gasteiger partial charge < -0.3 is 11.1 Å². The third-order valence-corrected chi connectivity index (χ3v) is 8.02. The Morgan fingerprint density at radius 2 is 1.68 bits per heavy atom. The van der Waals surface area contributed by atoms with Crippen LogP contribution in [0.5, 0.6) is 0 Å². The summed E-state index contributed by atoms with van der Waals surface area (Å²) in [6.07, 6.45) is 12.1. The molecule has 1 saturated carbocycles. The van der Waals surface area contributed by atoms with Crippen LogP contribution in [0.15, 0.2) is 42.6 Å². The van der Waals surface area contributed by atoms with Crippen LogP contribution in [0.25, 0.3) is 0 Å². The van der Waals surface area contributed by atoms with Gasteiger partial charge in [0.2, 0.25) is 0 Å². The number of pyridine rings is 1. The average Bonchev–Trinajstić information content (AvgIpc) is 2.83. The van der Waals surface area contributed by atoms with Crippen molar-refractivity contribution in [3.8, 4) is 0 Å². The molecule has 1 aromatic carbocycles. The SMILES string of the molecule is NCC1CCC(CN(C[C@H]2Cc3ccccc3CN2)C2CCCc3cccnc32)CC1. The van der Waals surface area contributed by atoms with Gasteiger partial charge in [-0.1, -0.05) is 30.3 Å². The van der Waals surface area contributed by atoms with Crippen molar-refractivity contribution in [2.75, 3.05) is 19.6 Å². The second-order valence-electron chi connectivity index (χ2n) is 10.1. The Bertz CT molecular complexity index is 858. The molecular weight excluding hydrogens is 380 g/mol. The van der Waals surface area contributed by atoms with Gasteiger partial charge in [-0.05, 0) is 92.5 Å². The molecular formula is C27H38N4. The highest BCUT2D eigenvalue weighted by molar-refractivity contribution is 5.30. The van der Waals surface area contributed by atoms with E-state index < -0.39 is 0 Å². The van der Waals surface area contributed by atoms with Crippen molar-refractivity contribution in [3.05, 3.63) is 65.0 Å². The molecule has 0 amide bonds. The fourth-order valence-corrected chi connectivity index (χ4v) is 6.18. The van der Waals surface area contributed by atoms with Crippen molar-refractivity contribution in [1.29, 1.82) is 0 Å². The zero-order chi connectivity index (χ0) is 21.0. The van der Waals surface area contributed by atoms with E-state index in [1.54, 1.807) is 0 Å². The predicted molar refractivity (Wildman–Crippen MR) is 127 cm³/mol. The fourth-order valence-electron chi connectivity index (χ4n) is 6.18. The van der Waals surface area contributed by atoms with Gasteiger partial charge in [-0.3, -0.25) is 9.88 Å². The van der Waals surface area contributed by atoms with Crippen LogP contribution in [0.4, 0.5) is 0 Å². The van der Waals surface area contributed by atoms with Crippen LogP contribution in [-0.4, -0.2) is 35.6 Å². The van der Waals surface area contributed by atoms with E-state index in [4.69, 9.17) is 10.7 Å². The van der Waals surface area contributed by atoms with E-state index >= 15 is 0 Å². The summed E-state index contributed by atoms with van der Waals surface area (Å²) in [5.41, 5.74) is 11.8. The number of aryl methyl sites for hydroxylation is 1. The molecule has 0 bridgehead atoms. The number of rotatable bonds is 6. The van der Waals surface area contributed by atoms with E-state index in [2.05, 4.69) is 46.6 Å². The minimum atomic E-state index is 0.469. The second-order valence-corrected chi connectivity index (χ2v) is 10.1. The summed E-state index contributed by atoms with van der Waals surface area (Å²) < 4.78 is 0. The number of nitrogens with two attached hydrogens (primary N) is 1. The molecule has 3 N–H and O–H groups in total. The largest absolute Gasteiger partial charge is 0.330 e. The number of benzene rings is 1. The minimum absolute atomic E-state index is 0.469. The van der Waals surface area contributed by atoms with Gasteiger partial charge in [0.15, 0.2) is 0 Å². The summed E-state index contributed by atoms with van der Waals surface area (Å²) in [6, 6.07) is 14.3. The number of hydrogen-bond donors (Lipinski definition) is 2. The van der Waals surface area contributed by atoms with E-state index in [9.17, 15) is 0 Å². The van der Waals surface area contributed by atoms with Crippen molar-refractivity contribution in [2.45, 2.75) is 70.0 Å². The van der Waals surface area contributed by atoms with E-state index in [0.717, 1.165) is 37.9 Å². The maximum Gasteiger partial charge on any atom is 0.0607 e. The van der Waals surface area contributed by atoms with Gasteiger partial charge in [0, 0.05) is 31.9 Å². The Morgan fingerprint density at radius 3 is 2.52 bits per heavy atom. The zero-order valence-corrected chi connectivity index (χ0v) is 18.8. The monoisotopic (exact) mass is 418 g/mol. The molecule has 0 radical (unpaired) electrons. The first-order valence-corrected chi connectivity index (χ1v) is 12.5. The number of aromatic nitrogens is 1. The molecule has 5 rings (SSSR count). The topological polar surface area (TPSA) is 54.2 Å². The Hall–Kier alpha value is -1.75. The van der Waals surface area contributed by atoms with Crippen molar-refractivity contribution in [1.82, 2.24) is 15.2 Å². The summed E-state index contributed by atoms with van der Waals surface area (Å²) in [5.74, 6) is 1.55. The van der Waals surface area contributed by atoms with Crippen LogP contribution in [-0.2, 0) is 19.4 Å². The molecule has 166 valence electrons. The molecule has 2 aliphatic carbocycles. The lowest BCUT2D eigenvalue weighted by molar-refractivity contribution is 0.111. The summed E-state index contributed by atoms with van der Waals surface area (Å²) in [6.45, 7) is 4.18. The normalized spacial score (nSPS) is 28.2. The molecule has 0 saturated heterocycles. The molecule has 2 aromatic rings. The van der Waals surface area contributed by atoms with Crippen molar-refractivity contribution >= 4 is 0 Å². The fraction of sp³-hybridized carbons (Fsp3) is 0.593. The van der Waals surface area contributed by atoms with Crippen LogP contribution in [0.2, 0.25) is 0 Å². The van der Waals surface area contributed by atoms with Crippen LogP contribution in [0.3, 0.4) is 0 Å². The highest BCUT2D eigenvalue weighted by Gasteiger charge is 2.32. The van der Waals surface area contributed by atoms with Crippen LogP contribution in [0.1, 0.15) is 67.0 Å². The van der Waals surface area contributed by atoms with E-state index in [1.807, 2.05) is 6.20 Å². The lowest BCUT2D eigenvalue weighted by Crippen LogP contribution is -2.48. The van der Waals surface area contributed by atoms with Gasteiger partial charge in [-0.25, -0.2) is 0 Å². The number of hydrogen-bond acceptors (Lipinski definition) is 4. The maximum absolute atomic E-state index is 5.96. The first-order chi connectivity index (χ1) is 15.3. The quantitative estimate of drug-likeness (QED) is 0.737. The summed E-state index contributed by atoms with van der Waals surface area (Å²) in [4.78, 5) is 7.70. The maximum atomic E-state index is 5.96. The first kappa shape index (κ1) is 21.1. The lowest BCUT2D eigenvalue weighted by atomic mass is 9.81. The summed E-state index contributed by atoms with van der Waals surface area (Å²) in [7, 11) is 0. The van der Waals surface area contributed by atoms with Crippen molar-refractivity contribution < 1.29 is 0 Å². The van der Waals surface area contributed by atoms with Crippen LogP contribution in [0, 0.1) is 11.8 Å². The molecule has 0 spiro atoms. The van der Waals surface area contributed by atoms with E-state index in [0.29, 0.717) is 12.1 Å². The lowest BCUT2D eigenvalue weighted by Gasteiger charge is -2.41. The molecule has 2 atom stereocenters. The van der Waals surface area contributed by atoms with Gasteiger partial charge in [-0.2, -0.15) is 0 Å². The Morgan fingerprint density at radius 1 is 0.903 bits per heavy atom. The first-order valence-electron chi connectivity index (χ1n) is 12.5.